The van der Waals surface area contributed by atoms with Gasteiger partial charge in [0.2, 0.25) is 5.91 Å². The van der Waals surface area contributed by atoms with Crippen LogP contribution >= 0.6 is 0 Å². The molecule has 0 aromatic heterocycles. The minimum atomic E-state index is -1.64. The minimum absolute atomic E-state index is 0.161. The summed E-state index contributed by atoms with van der Waals surface area (Å²) in [6.45, 7) is 7.37. The second kappa shape index (κ2) is 12.0. The van der Waals surface area contributed by atoms with Crippen molar-refractivity contribution in [2.75, 3.05) is 7.05 Å². The first-order chi connectivity index (χ1) is 12.0. The number of likely N-dealkylation sites (N-methyl/N-ethyl adjacent to an activating group) is 1. The number of amides is 1. The Morgan fingerprint density at radius 1 is 1.08 bits per heavy atom. The third kappa shape index (κ3) is 7.83. The summed E-state index contributed by atoms with van der Waals surface area (Å²) in [6, 6.07) is -1.75. The quantitative estimate of drug-likeness (QED) is 0.335. The molecule has 0 aromatic carbocycles. The zero-order valence-electron chi connectivity index (χ0n) is 16.8. The van der Waals surface area contributed by atoms with E-state index in [2.05, 4.69) is 6.92 Å². The van der Waals surface area contributed by atoms with E-state index in [1.165, 1.54) is 18.9 Å². The number of carbonyl (C=O) groups is 3. The lowest BCUT2D eigenvalue weighted by Crippen LogP contribution is -2.52. The smallest absolute Gasteiger partial charge is 0.316 e. The summed E-state index contributed by atoms with van der Waals surface area (Å²) in [5.74, 6) is -3.80. The van der Waals surface area contributed by atoms with Crippen LogP contribution in [0.4, 0.5) is 0 Å². The summed E-state index contributed by atoms with van der Waals surface area (Å²) in [4.78, 5) is 37.7. The molecule has 0 saturated heterocycles. The molecule has 0 bridgehead atoms. The number of Topliss-reactive ketones (excluding diaryl/α,β-unsaturated/α-hetero) is 1. The van der Waals surface area contributed by atoms with Crippen LogP contribution in [0.1, 0.15) is 66.2 Å². The van der Waals surface area contributed by atoms with E-state index in [9.17, 15) is 24.6 Å². The van der Waals surface area contributed by atoms with Gasteiger partial charge in [0.15, 0.2) is 5.78 Å². The van der Waals surface area contributed by atoms with Gasteiger partial charge in [0.05, 0.1) is 12.1 Å². The number of carboxylic acids is 1. The Hall–Kier alpha value is -1.47. The number of rotatable bonds is 13. The number of nitrogens with two attached hydrogens (primary N) is 1. The number of carboxylic acid groups (broad SMARTS) is 1. The molecule has 0 aliphatic heterocycles. The molecule has 0 fully saturated rings. The van der Waals surface area contributed by atoms with Crippen molar-refractivity contribution in [3.05, 3.63) is 0 Å². The average Bonchev–Trinajstić information content (AvgIpc) is 2.56. The van der Waals surface area contributed by atoms with Gasteiger partial charge in [-0.2, -0.15) is 0 Å². The van der Waals surface area contributed by atoms with Crippen molar-refractivity contribution in [2.24, 2.45) is 17.6 Å². The molecular weight excluding hydrogens is 336 g/mol. The van der Waals surface area contributed by atoms with E-state index in [4.69, 9.17) is 5.73 Å². The summed E-state index contributed by atoms with van der Waals surface area (Å²) in [5, 5.41) is 19.7. The molecule has 26 heavy (non-hydrogen) atoms. The number of carbonyl (C=O) groups excluding carboxylic acids is 2. The van der Waals surface area contributed by atoms with Gasteiger partial charge in [-0.25, -0.2) is 0 Å². The highest BCUT2D eigenvalue weighted by molar-refractivity contribution is 6.02. The van der Waals surface area contributed by atoms with Gasteiger partial charge < -0.3 is 20.8 Å². The van der Waals surface area contributed by atoms with Gasteiger partial charge in [0, 0.05) is 19.5 Å². The topological polar surface area (TPSA) is 121 Å². The fraction of sp³-hybridized carbons (Fsp3) is 0.842. The molecule has 0 heterocycles. The Balaban J connectivity index is 4.99. The van der Waals surface area contributed by atoms with Crippen LogP contribution in [-0.4, -0.2) is 58.0 Å². The Morgan fingerprint density at radius 2 is 1.65 bits per heavy atom. The molecule has 152 valence electrons. The maximum atomic E-state index is 12.6. The number of unbranched alkanes of at least 4 members (excludes halogenated alkanes) is 3. The van der Waals surface area contributed by atoms with E-state index in [1.54, 1.807) is 0 Å². The van der Waals surface area contributed by atoms with Gasteiger partial charge in [0.1, 0.15) is 5.92 Å². The van der Waals surface area contributed by atoms with Gasteiger partial charge in [0.25, 0.3) is 0 Å². The number of ketones is 1. The monoisotopic (exact) mass is 372 g/mol. The molecule has 0 aliphatic carbocycles. The van der Waals surface area contributed by atoms with Crippen LogP contribution in [0, 0.1) is 11.8 Å². The lowest BCUT2D eigenvalue weighted by Gasteiger charge is -2.30. The zero-order chi connectivity index (χ0) is 20.4. The zero-order valence-corrected chi connectivity index (χ0v) is 16.8. The number of aliphatic hydroxyl groups excluding tert-OH is 1. The van der Waals surface area contributed by atoms with E-state index >= 15 is 0 Å². The van der Waals surface area contributed by atoms with Crippen molar-refractivity contribution in [2.45, 2.75) is 84.4 Å². The Labute approximate surface area is 156 Å². The lowest BCUT2D eigenvalue weighted by molar-refractivity contribution is -0.155. The van der Waals surface area contributed by atoms with Gasteiger partial charge in [-0.3, -0.25) is 14.4 Å². The normalized spacial score (nSPS) is 16.0. The van der Waals surface area contributed by atoms with E-state index in [-0.39, 0.29) is 11.8 Å². The van der Waals surface area contributed by atoms with Crippen LogP contribution in [-0.2, 0) is 14.4 Å². The molecule has 4 N–H and O–H groups in total. The van der Waals surface area contributed by atoms with E-state index in [1.807, 2.05) is 13.8 Å². The minimum Gasteiger partial charge on any atom is -0.481 e. The summed E-state index contributed by atoms with van der Waals surface area (Å²) in [5.41, 5.74) is 5.88. The molecule has 3 unspecified atom stereocenters. The van der Waals surface area contributed by atoms with Crippen LogP contribution in [0.25, 0.3) is 0 Å². The third-order valence-electron chi connectivity index (χ3n) is 4.73. The average molecular weight is 373 g/mol. The van der Waals surface area contributed by atoms with Gasteiger partial charge in [-0.15, -0.1) is 0 Å². The van der Waals surface area contributed by atoms with Crippen LogP contribution in [0.3, 0.4) is 0 Å². The van der Waals surface area contributed by atoms with Crippen molar-refractivity contribution >= 4 is 17.7 Å². The lowest BCUT2D eigenvalue weighted by atomic mass is 9.86. The van der Waals surface area contributed by atoms with E-state index in [0.29, 0.717) is 12.8 Å². The van der Waals surface area contributed by atoms with Crippen LogP contribution < -0.4 is 5.73 Å². The van der Waals surface area contributed by atoms with Crippen molar-refractivity contribution in [1.29, 1.82) is 0 Å². The van der Waals surface area contributed by atoms with Gasteiger partial charge in [-0.05, 0) is 25.7 Å². The first kappa shape index (κ1) is 24.5. The first-order valence-corrected chi connectivity index (χ1v) is 9.50. The number of hydrogen-bond donors (Lipinski definition) is 3. The molecule has 0 aliphatic rings. The summed E-state index contributed by atoms with van der Waals surface area (Å²) in [7, 11) is 1.49. The molecule has 0 aromatic rings. The van der Waals surface area contributed by atoms with Crippen LogP contribution in [0.15, 0.2) is 0 Å². The fourth-order valence-corrected chi connectivity index (χ4v) is 2.91. The standard InChI is InChI=1S/C19H36N2O5/c1-6-7-8-9-10-15(22)21(5)13(4)17(23)16(19(25)26)18(24)14(20)11-12(2)3/h12-14,16,18,24H,6-11,20H2,1-5H3,(H,25,26)/t13-,14?,16?,18?/m0/s1. The molecule has 0 rings (SSSR count). The Kier molecular flexibility index (Phi) is 11.3. The number of aliphatic carboxylic acids is 1. The number of aliphatic hydroxyl groups is 1. The fourth-order valence-electron chi connectivity index (χ4n) is 2.91. The molecule has 4 atom stereocenters. The molecule has 7 nitrogen and oxygen atoms in total. The second-order valence-electron chi connectivity index (χ2n) is 7.49. The summed E-state index contributed by atoms with van der Waals surface area (Å²) in [6.07, 6.45) is 3.03. The van der Waals surface area contributed by atoms with Crippen LogP contribution in [0.5, 0.6) is 0 Å². The Morgan fingerprint density at radius 3 is 2.12 bits per heavy atom. The van der Waals surface area contributed by atoms with Gasteiger partial charge in [-0.1, -0.05) is 40.0 Å². The highest BCUT2D eigenvalue weighted by atomic mass is 16.4. The van der Waals surface area contributed by atoms with Gasteiger partial charge >= 0.3 is 5.97 Å². The predicted octanol–water partition coefficient (Wildman–Crippen LogP) is 1.81. The number of nitrogens with zero attached hydrogens (tertiary/aromatic N) is 1. The van der Waals surface area contributed by atoms with E-state index in [0.717, 1.165) is 25.7 Å². The largest absolute Gasteiger partial charge is 0.481 e. The summed E-state index contributed by atoms with van der Waals surface area (Å²) < 4.78 is 0. The molecule has 0 radical (unpaired) electrons. The predicted molar refractivity (Wildman–Crippen MR) is 101 cm³/mol. The highest BCUT2D eigenvalue weighted by Gasteiger charge is 2.40. The SMILES string of the molecule is CCCCCCC(=O)N(C)[C@@H](C)C(=O)C(C(=O)O)C(O)C(N)CC(C)C. The molecule has 1 amide bonds. The van der Waals surface area contributed by atoms with Crippen molar-refractivity contribution in [1.82, 2.24) is 4.90 Å². The second-order valence-corrected chi connectivity index (χ2v) is 7.49. The summed E-state index contributed by atoms with van der Waals surface area (Å²) >= 11 is 0. The maximum absolute atomic E-state index is 12.6. The van der Waals surface area contributed by atoms with Crippen molar-refractivity contribution in [3.63, 3.8) is 0 Å². The van der Waals surface area contributed by atoms with Crippen LogP contribution in [0.2, 0.25) is 0 Å². The van der Waals surface area contributed by atoms with Crippen molar-refractivity contribution < 1.29 is 24.6 Å². The van der Waals surface area contributed by atoms with E-state index < -0.39 is 35.9 Å². The number of hydrogen-bond acceptors (Lipinski definition) is 5. The molecule has 0 saturated carbocycles. The van der Waals surface area contributed by atoms with Crippen molar-refractivity contribution in [3.8, 4) is 0 Å². The molecule has 0 spiro atoms. The highest BCUT2D eigenvalue weighted by Crippen LogP contribution is 2.18. The first-order valence-electron chi connectivity index (χ1n) is 9.50. The third-order valence-corrected chi connectivity index (χ3v) is 4.73. The molecular formula is C19H36N2O5. The maximum Gasteiger partial charge on any atom is 0.316 e. The molecule has 7 heteroatoms. The Bertz CT molecular complexity index is 467.